The molecule has 3 rings (SSSR count). The highest BCUT2D eigenvalue weighted by Crippen LogP contribution is 2.20. The molecule has 0 spiro atoms. The molecule has 1 atom stereocenters. The molecular formula is C17H22N4O. The van der Waals surface area contributed by atoms with Gasteiger partial charge in [-0.25, -0.2) is 4.98 Å². The fourth-order valence-corrected chi connectivity index (χ4v) is 2.57. The van der Waals surface area contributed by atoms with Crippen LogP contribution in [-0.2, 0) is 4.74 Å². The lowest BCUT2D eigenvalue weighted by atomic mass is 10.2. The molecule has 2 heterocycles. The van der Waals surface area contributed by atoms with Crippen LogP contribution in [0.4, 0.5) is 17.5 Å². The van der Waals surface area contributed by atoms with Crippen LogP contribution >= 0.6 is 0 Å². The van der Waals surface area contributed by atoms with Crippen LogP contribution in [0, 0.1) is 13.8 Å². The zero-order chi connectivity index (χ0) is 15.4. The molecule has 22 heavy (non-hydrogen) atoms. The lowest BCUT2D eigenvalue weighted by molar-refractivity contribution is 0.120. The Kier molecular flexibility index (Phi) is 4.53. The molecule has 5 heteroatoms. The highest BCUT2D eigenvalue weighted by atomic mass is 16.5. The Morgan fingerprint density at radius 3 is 2.86 bits per heavy atom. The highest BCUT2D eigenvalue weighted by molar-refractivity contribution is 5.61. The van der Waals surface area contributed by atoms with E-state index in [9.17, 15) is 0 Å². The first kappa shape index (κ1) is 14.8. The summed E-state index contributed by atoms with van der Waals surface area (Å²) < 4.78 is 5.61. The fourth-order valence-electron chi connectivity index (χ4n) is 2.57. The standard InChI is InChI=1S/C17H22N4O/c1-12-6-3-4-8-15(12)20-16-10-13(2)19-17(21-16)18-11-14-7-5-9-22-14/h3-4,6,8,10,14H,5,7,9,11H2,1-2H3,(H2,18,19,20,21). The first-order valence-corrected chi connectivity index (χ1v) is 7.74. The normalized spacial score (nSPS) is 17.5. The van der Waals surface area contributed by atoms with E-state index in [4.69, 9.17) is 4.74 Å². The van der Waals surface area contributed by atoms with E-state index in [1.165, 1.54) is 5.56 Å². The molecule has 1 aliphatic rings. The molecule has 1 saturated heterocycles. The van der Waals surface area contributed by atoms with E-state index in [2.05, 4.69) is 33.6 Å². The summed E-state index contributed by atoms with van der Waals surface area (Å²) in [5.41, 5.74) is 3.18. The summed E-state index contributed by atoms with van der Waals surface area (Å²) >= 11 is 0. The van der Waals surface area contributed by atoms with Gasteiger partial charge in [0.2, 0.25) is 5.95 Å². The smallest absolute Gasteiger partial charge is 0.224 e. The van der Waals surface area contributed by atoms with Gasteiger partial charge in [0.05, 0.1) is 6.10 Å². The zero-order valence-electron chi connectivity index (χ0n) is 13.1. The Balaban J connectivity index is 1.70. The Hall–Kier alpha value is -2.14. The first-order valence-electron chi connectivity index (χ1n) is 7.74. The molecule has 1 unspecified atom stereocenters. The van der Waals surface area contributed by atoms with Crippen LogP contribution in [0.25, 0.3) is 0 Å². The van der Waals surface area contributed by atoms with Gasteiger partial charge in [0, 0.05) is 30.6 Å². The maximum absolute atomic E-state index is 5.61. The van der Waals surface area contributed by atoms with Crippen molar-refractivity contribution in [1.29, 1.82) is 0 Å². The van der Waals surface area contributed by atoms with Crippen LogP contribution in [0.2, 0.25) is 0 Å². The molecule has 0 amide bonds. The highest BCUT2D eigenvalue weighted by Gasteiger charge is 2.15. The topological polar surface area (TPSA) is 59.1 Å². The van der Waals surface area contributed by atoms with Crippen LogP contribution < -0.4 is 10.6 Å². The molecule has 116 valence electrons. The second-order valence-electron chi connectivity index (χ2n) is 5.67. The van der Waals surface area contributed by atoms with E-state index in [0.717, 1.165) is 43.2 Å². The van der Waals surface area contributed by atoms with Crippen molar-refractivity contribution in [2.24, 2.45) is 0 Å². The van der Waals surface area contributed by atoms with Crippen molar-refractivity contribution in [2.75, 3.05) is 23.8 Å². The summed E-state index contributed by atoms with van der Waals surface area (Å²) in [5, 5.41) is 6.64. The van der Waals surface area contributed by atoms with Gasteiger partial charge in [-0.15, -0.1) is 0 Å². The second-order valence-corrected chi connectivity index (χ2v) is 5.67. The number of ether oxygens (including phenoxy) is 1. The number of aryl methyl sites for hydroxylation is 2. The maximum atomic E-state index is 5.61. The number of para-hydroxylation sites is 1. The molecule has 1 aromatic carbocycles. The van der Waals surface area contributed by atoms with Crippen LogP contribution in [0.15, 0.2) is 30.3 Å². The second kappa shape index (κ2) is 6.75. The van der Waals surface area contributed by atoms with Gasteiger partial charge in [-0.1, -0.05) is 18.2 Å². The Morgan fingerprint density at radius 2 is 2.09 bits per heavy atom. The Bertz CT molecular complexity index is 638. The molecule has 1 aromatic heterocycles. The molecule has 0 aliphatic carbocycles. The number of anilines is 3. The van der Waals surface area contributed by atoms with Crippen LogP contribution in [-0.4, -0.2) is 29.2 Å². The van der Waals surface area contributed by atoms with Gasteiger partial charge in [0.25, 0.3) is 0 Å². The summed E-state index contributed by atoms with van der Waals surface area (Å²) in [7, 11) is 0. The van der Waals surface area contributed by atoms with E-state index >= 15 is 0 Å². The number of nitrogens with zero attached hydrogens (tertiary/aromatic N) is 2. The van der Waals surface area contributed by atoms with Gasteiger partial charge >= 0.3 is 0 Å². The van der Waals surface area contributed by atoms with Crippen molar-refractivity contribution < 1.29 is 4.74 Å². The minimum Gasteiger partial charge on any atom is -0.376 e. The maximum Gasteiger partial charge on any atom is 0.224 e. The third-order valence-electron chi connectivity index (χ3n) is 3.77. The van der Waals surface area contributed by atoms with E-state index in [0.29, 0.717) is 5.95 Å². The predicted molar refractivity (Wildman–Crippen MR) is 88.7 cm³/mol. The molecule has 2 N–H and O–H groups in total. The predicted octanol–water partition coefficient (Wildman–Crippen LogP) is 3.43. The molecule has 0 bridgehead atoms. The monoisotopic (exact) mass is 298 g/mol. The molecule has 1 fully saturated rings. The molecular weight excluding hydrogens is 276 g/mol. The van der Waals surface area contributed by atoms with Crippen molar-refractivity contribution in [3.63, 3.8) is 0 Å². The first-order chi connectivity index (χ1) is 10.7. The third-order valence-corrected chi connectivity index (χ3v) is 3.77. The summed E-state index contributed by atoms with van der Waals surface area (Å²) in [6.45, 7) is 5.67. The van der Waals surface area contributed by atoms with Gasteiger partial charge < -0.3 is 15.4 Å². The van der Waals surface area contributed by atoms with E-state index in [1.54, 1.807) is 0 Å². The van der Waals surface area contributed by atoms with Gasteiger partial charge in [-0.05, 0) is 38.3 Å². The van der Waals surface area contributed by atoms with Gasteiger partial charge in [0.15, 0.2) is 0 Å². The molecule has 0 radical (unpaired) electrons. The van der Waals surface area contributed by atoms with E-state index in [1.807, 2.05) is 31.2 Å². The molecule has 2 aromatic rings. The van der Waals surface area contributed by atoms with Crippen LogP contribution in [0.3, 0.4) is 0 Å². The summed E-state index contributed by atoms with van der Waals surface area (Å²) in [4.78, 5) is 8.98. The van der Waals surface area contributed by atoms with Crippen LogP contribution in [0.1, 0.15) is 24.1 Å². The van der Waals surface area contributed by atoms with Crippen molar-refractivity contribution in [1.82, 2.24) is 9.97 Å². The average Bonchev–Trinajstić information content (AvgIpc) is 3.00. The number of rotatable bonds is 5. The fraction of sp³-hybridized carbons (Fsp3) is 0.412. The molecule has 0 saturated carbocycles. The lowest BCUT2D eigenvalue weighted by Crippen LogP contribution is -2.20. The largest absolute Gasteiger partial charge is 0.376 e. The molecule has 1 aliphatic heterocycles. The van der Waals surface area contributed by atoms with Crippen molar-refractivity contribution in [3.05, 3.63) is 41.6 Å². The quantitative estimate of drug-likeness (QED) is 0.885. The number of nitrogens with one attached hydrogen (secondary N) is 2. The van der Waals surface area contributed by atoms with Gasteiger partial charge in [0.1, 0.15) is 5.82 Å². The number of aromatic nitrogens is 2. The Labute approximate surface area is 131 Å². The number of hydrogen-bond donors (Lipinski definition) is 2. The molecule has 5 nitrogen and oxygen atoms in total. The minimum absolute atomic E-state index is 0.275. The third kappa shape index (κ3) is 3.74. The summed E-state index contributed by atoms with van der Waals surface area (Å²) in [5.74, 6) is 1.45. The zero-order valence-corrected chi connectivity index (χ0v) is 13.1. The SMILES string of the molecule is Cc1cc(Nc2ccccc2C)nc(NCC2CCCO2)n1. The number of hydrogen-bond acceptors (Lipinski definition) is 5. The van der Waals surface area contributed by atoms with Crippen LogP contribution in [0.5, 0.6) is 0 Å². The average molecular weight is 298 g/mol. The number of benzene rings is 1. The van der Waals surface area contributed by atoms with Gasteiger partial charge in [-0.2, -0.15) is 4.98 Å². The van der Waals surface area contributed by atoms with Crippen molar-refractivity contribution in [2.45, 2.75) is 32.8 Å². The summed E-state index contributed by atoms with van der Waals surface area (Å²) in [6, 6.07) is 10.1. The van der Waals surface area contributed by atoms with Crippen molar-refractivity contribution >= 4 is 17.5 Å². The van der Waals surface area contributed by atoms with E-state index < -0.39 is 0 Å². The van der Waals surface area contributed by atoms with E-state index in [-0.39, 0.29) is 6.10 Å². The van der Waals surface area contributed by atoms with Crippen molar-refractivity contribution in [3.8, 4) is 0 Å². The Morgan fingerprint density at radius 1 is 1.23 bits per heavy atom. The lowest BCUT2D eigenvalue weighted by Gasteiger charge is -2.13. The summed E-state index contributed by atoms with van der Waals surface area (Å²) in [6.07, 6.45) is 2.52. The van der Waals surface area contributed by atoms with Gasteiger partial charge in [-0.3, -0.25) is 0 Å². The minimum atomic E-state index is 0.275.